The number of nitrogens with zero attached hydrogens (tertiary/aromatic N) is 2. The van der Waals surface area contributed by atoms with Gasteiger partial charge in [0.2, 0.25) is 0 Å². The van der Waals surface area contributed by atoms with Crippen molar-refractivity contribution in [1.82, 2.24) is 4.90 Å². The molecule has 128 valence electrons. The Morgan fingerprint density at radius 3 is 2.44 bits per heavy atom. The second kappa shape index (κ2) is 6.73. The highest BCUT2D eigenvalue weighted by Crippen LogP contribution is 2.19. The molecule has 4 rings (SSSR count). The van der Waals surface area contributed by atoms with Gasteiger partial charge in [-0.2, -0.15) is 0 Å². The molecule has 0 atom stereocenters. The lowest BCUT2D eigenvalue weighted by Crippen LogP contribution is -2.46. The highest BCUT2D eigenvalue weighted by Gasteiger charge is 2.18. The molecule has 0 saturated carbocycles. The Labute approximate surface area is 147 Å². The third kappa shape index (κ3) is 3.44. The number of para-hydroxylation sites is 1. The Hall–Kier alpha value is -2.59. The number of fused-ring (bicyclic) bond motifs is 1. The number of benzene rings is 2. The first-order chi connectivity index (χ1) is 12.2. The van der Waals surface area contributed by atoms with Crippen LogP contribution >= 0.6 is 0 Å². The number of anilines is 1. The molecule has 2 heterocycles. The summed E-state index contributed by atoms with van der Waals surface area (Å²) >= 11 is 0. The van der Waals surface area contributed by atoms with Gasteiger partial charge in [-0.3, -0.25) is 9.69 Å². The number of hydrogen-bond donors (Lipinski definition) is 0. The summed E-state index contributed by atoms with van der Waals surface area (Å²) in [4.78, 5) is 17.0. The lowest BCUT2D eigenvalue weighted by molar-refractivity contribution is 0.231. The summed E-state index contributed by atoms with van der Waals surface area (Å²) in [5.74, 6) is 0.743. The maximum atomic E-state index is 12.2. The molecule has 1 saturated heterocycles. The summed E-state index contributed by atoms with van der Waals surface area (Å²) in [6.45, 7) is 6.69. The molecule has 25 heavy (non-hydrogen) atoms. The fraction of sp³-hybridized carbons (Fsp3) is 0.286. The summed E-state index contributed by atoms with van der Waals surface area (Å²) in [7, 11) is 0. The lowest BCUT2D eigenvalue weighted by Gasteiger charge is -2.35. The van der Waals surface area contributed by atoms with Crippen LogP contribution in [-0.2, 0) is 6.54 Å². The molecular weight excluding hydrogens is 312 g/mol. The zero-order valence-corrected chi connectivity index (χ0v) is 14.4. The molecule has 4 nitrogen and oxygen atoms in total. The van der Waals surface area contributed by atoms with E-state index < -0.39 is 0 Å². The summed E-state index contributed by atoms with van der Waals surface area (Å²) < 4.78 is 5.91. The predicted molar refractivity (Wildman–Crippen MR) is 101 cm³/mol. The second-order valence-electron chi connectivity index (χ2n) is 6.67. The van der Waals surface area contributed by atoms with Crippen molar-refractivity contribution in [2.45, 2.75) is 13.5 Å². The molecule has 4 heteroatoms. The van der Waals surface area contributed by atoms with Gasteiger partial charge in [0.05, 0.1) is 11.9 Å². The van der Waals surface area contributed by atoms with Crippen molar-refractivity contribution in [2.24, 2.45) is 0 Å². The Morgan fingerprint density at radius 2 is 1.68 bits per heavy atom. The van der Waals surface area contributed by atoms with Gasteiger partial charge in [0, 0.05) is 37.9 Å². The van der Waals surface area contributed by atoms with Crippen molar-refractivity contribution in [1.29, 1.82) is 0 Å². The van der Waals surface area contributed by atoms with E-state index in [0.29, 0.717) is 17.5 Å². The minimum Gasteiger partial charge on any atom is -0.459 e. The molecule has 1 aliphatic heterocycles. The monoisotopic (exact) mass is 334 g/mol. The van der Waals surface area contributed by atoms with Crippen molar-refractivity contribution >= 4 is 16.7 Å². The molecular formula is C21H22N2O2. The summed E-state index contributed by atoms with van der Waals surface area (Å²) in [6.07, 6.45) is 0. The molecule has 1 aromatic heterocycles. The Bertz CT molecular complexity index is 923. The zero-order valence-electron chi connectivity index (χ0n) is 14.4. The first-order valence-electron chi connectivity index (χ1n) is 8.75. The largest absolute Gasteiger partial charge is 0.459 e. The van der Waals surface area contributed by atoms with Gasteiger partial charge in [0.1, 0.15) is 11.3 Å². The Kier molecular flexibility index (Phi) is 4.28. The van der Waals surface area contributed by atoms with E-state index in [2.05, 4.69) is 41.0 Å². The van der Waals surface area contributed by atoms with E-state index in [0.717, 1.165) is 31.9 Å². The van der Waals surface area contributed by atoms with E-state index in [1.54, 1.807) is 6.07 Å². The van der Waals surface area contributed by atoms with Gasteiger partial charge in [-0.15, -0.1) is 0 Å². The maximum absolute atomic E-state index is 12.2. The highest BCUT2D eigenvalue weighted by molar-refractivity contribution is 5.76. The molecule has 3 aromatic rings. The SMILES string of the molecule is Cc1ccc(N2CCN(Cc3cc(=O)c4ccccc4o3)CC2)cc1. The molecule has 2 aromatic carbocycles. The van der Waals surface area contributed by atoms with Crippen molar-refractivity contribution < 1.29 is 4.42 Å². The van der Waals surface area contributed by atoms with Crippen LogP contribution in [0.15, 0.2) is 63.8 Å². The van der Waals surface area contributed by atoms with Crippen LogP contribution in [0.1, 0.15) is 11.3 Å². The number of rotatable bonds is 3. The van der Waals surface area contributed by atoms with Crippen LogP contribution in [0.3, 0.4) is 0 Å². The summed E-state index contributed by atoms with van der Waals surface area (Å²) in [5, 5.41) is 0.649. The van der Waals surface area contributed by atoms with Crippen LogP contribution in [0.5, 0.6) is 0 Å². The van der Waals surface area contributed by atoms with Gasteiger partial charge in [-0.25, -0.2) is 0 Å². The average Bonchev–Trinajstić information content (AvgIpc) is 2.63. The first kappa shape index (κ1) is 15.9. The molecule has 0 radical (unpaired) electrons. The zero-order chi connectivity index (χ0) is 17.2. The molecule has 1 aliphatic rings. The normalized spacial score (nSPS) is 15.6. The van der Waals surface area contributed by atoms with Crippen molar-refractivity contribution in [3.63, 3.8) is 0 Å². The van der Waals surface area contributed by atoms with Crippen LogP contribution < -0.4 is 10.3 Å². The molecule has 0 unspecified atom stereocenters. The van der Waals surface area contributed by atoms with Gasteiger partial charge in [0.25, 0.3) is 0 Å². The number of hydrogen-bond acceptors (Lipinski definition) is 4. The quantitative estimate of drug-likeness (QED) is 0.735. The van der Waals surface area contributed by atoms with Gasteiger partial charge in [-0.05, 0) is 31.2 Å². The van der Waals surface area contributed by atoms with E-state index in [1.807, 2.05) is 24.3 Å². The fourth-order valence-electron chi connectivity index (χ4n) is 3.37. The van der Waals surface area contributed by atoms with E-state index >= 15 is 0 Å². The smallest absolute Gasteiger partial charge is 0.192 e. The van der Waals surface area contributed by atoms with Crippen molar-refractivity contribution in [3.8, 4) is 0 Å². The van der Waals surface area contributed by atoms with Crippen molar-refractivity contribution in [2.75, 3.05) is 31.1 Å². The molecule has 0 N–H and O–H groups in total. The van der Waals surface area contributed by atoms with E-state index in [9.17, 15) is 4.79 Å². The van der Waals surface area contributed by atoms with Gasteiger partial charge >= 0.3 is 0 Å². The van der Waals surface area contributed by atoms with Crippen molar-refractivity contribution in [3.05, 3.63) is 76.1 Å². The minimum atomic E-state index is 0.0372. The molecule has 1 fully saturated rings. The Morgan fingerprint density at radius 1 is 0.960 bits per heavy atom. The molecule has 0 aliphatic carbocycles. The van der Waals surface area contributed by atoms with Gasteiger partial charge in [-0.1, -0.05) is 29.8 Å². The van der Waals surface area contributed by atoms with E-state index in [4.69, 9.17) is 4.42 Å². The topological polar surface area (TPSA) is 36.7 Å². The number of piperazine rings is 1. The average molecular weight is 334 g/mol. The van der Waals surface area contributed by atoms with Crippen LogP contribution in [0.2, 0.25) is 0 Å². The minimum absolute atomic E-state index is 0.0372. The van der Waals surface area contributed by atoms with Crippen LogP contribution in [-0.4, -0.2) is 31.1 Å². The highest BCUT2D eigenvalue weighted by atomic mass is 16.3. The third-order valence-electron chi connectivity index (χ3n) is 4.84. The predicted octanol–water partition coefficient (Wildman–Crippen LogP) is 3.42. The standard InChI is InChI=1S/C21H22N2O2/c1-16-6-8-17(9-7-16)23-12-10-22(11-13-23)15-18-14-20(24)19-4-2-3-5-21(19)25-18/h2-9,14H,10-13,15H2,1H3. The second-order valence-corrected chi connectivity index (χ2v) is 6.67. The summed E-state index contributed by atoms with van der Waals surface area (Å²) in [5.41, 5.74) is 3.27. The van der Waals surface area contributed by atoms with Crippen LogP contribution in [0.25, 0.3) is 11.0 Å². The van der Waals surface area contributed by atoms with Gasteiger partial charge < -0.3 is 9.32 Å². The third-order valence-corrected chi connectivity index (χ3v) is 4.84. The van der Waals surface area contributed by atoms with E-state index in [-0.39, 0.29) is 5.43 Å². The maximum Gasteiger partial charge on any atom is 0.192 e. The molecule has 0 bridgehead atoms. The molecule has 0 amide bonds. The summed E-state index contributed by atoms with van der Waals surface area (Å²) in [6, 6.07) is 17.8. The van der Waals surface area contributed by atoms with E-state index in [1.165, 1.54) is 11.3 Å². The number of aryl methyl sites for hydroxylation is 1. The van der Waals surface area contributed by atoms with Gasteiger partial charge in [0.15, 0.2) is 5.43 Å². The first-order valence-corrected chi connectivity index (χ1v) is 8.75. The Balaban J connectivity index is 1.43. The fourth-order valence-corrected chi connectivity index (χ4v) is 3.37. The van der Waals surface area contributed by atoms with Crippen LogP contribution in [0, 0.1) is 6.92 Å². The molecule has 0 spiro atoms. The lowest BCUT2D eigenvalue weighted by atomic mass is 10.2. The van der Waals surface area contributed by atoms with Crippen LogP contribution in [0.4, 0.5) is 5.69 Å².